The highest BCUT2D eigenvalue weighted by Crippen LogP contribution is 2.46. The van der Waals surface area contributed by atoms with Crippen LogP contribution in [0.1, 0.15) is 35.5 Å². The normalized spacial score (nSPS) is 26.2. The Hall–Kier alpha value is -2.14. The van der Waals surface area contributed by atoms with Crippen LogP contribution in [0.25, 0.3) is 0 Å². The van der Waals surface area contributed by atoms with Crippen LogP contribution in [0.2, 0.25) is 0 Å². The summed E-state index contributed by atoms with van der Waals surface area (Å²) in [6, 6.07) is 10.7. The molecule has 2 fully saturated rings. The molecule has 5 heteroatoms. The van der Waals surface area contributed by atoms with Gasteiger partial charge in [0.1, 0.15) is 0 Å². The van der Waals surface area contributed by atoms with Gasteiger partial charge >= 0.3 is 0 Å². The molecule has 3 atom stereocenters. The van der Waals surface area contributed by atoms with Crippen molar-refractivity contribution in [3.05, 3.63) is 52.9 Å². The van der Waals surface area contributed by atoms with E-state index >= 15 is 0 Å². The van der Waals surface area contributed by atoms with E-state index in [-0.39, 0.29) is 11.9 Å². The largest absolute Gasteiger partial charge is 0.360 e. The molecule has 0 bridgehead atoms. The quantitative estimate of drug-likeness (QED) is 0.863. The van der Waals surface area contributed by atoms with E-state index in [4.69, 9.17) is 4.52 Å². The number of rotatable bonds is 3. The van der Waals surface area contributed by atoms with Crippen molar-refractivity contribution in [2.45, 2.75) is 33.4 Å². The van der Waals surface area contributed by atoms with Crippen LogP contribution in [0.15, 0.2) is 34.9 Å². The molecule has 132 valence electrons. The maximum Gasteiger partial charge on any atom is 0.219 e. The summed E-state index contributed by atoms with van der Waals surface area (Å²) in [7, 11) is 0. The number of carbonyl (C=O) groups is 1. The van der Waals surface area contributed by atoms with Gasteiger partial charge in [-0.2, -0.15) is 0 Å². The van der Waals surface area contributed by atoms with Crippen LogP contribution in [-0.2, 0) is 11.3 Å². The molecular weight excluding hydrogens is 314 g/mol. The first kappa shape index (κ1) is 16.3. The fourth-order valence-corrected chi connectivity index (χ4v) is 4.62. The van der Waals surface area contributed by atoms with Crippen molar-refractivity contribution in [3.63, 3.8) is 0 Å². The van der Waals surface area contributed by atoms with Crippen molar-refractivity contribution in [2.24, 2.45) is 11.8 Å². The van der Waals surface area contributed by atoms with Crippen molar-refractivity contribution in [1.29, 1.82) is 0 Å². The summed E-state index contributed by atoms with van der Waals surface area (Å²) in [6.07, 6.45) is 0. The zero-order valence-corrected chi connectivity index (χ0v) is 15.1. The number of hydrogen-bond acceptors (Lipinski definition) is 4. The average Bonchev–Trinajstić information content (AvgIpc) is 3.23. The minimum atomic E-state index is 0.181. The second-order valence-corrected chi connectivity index (χ2v) is 7.53. The molecule has 25 heavy (non-hydrogen) atoms. The van der Waals surface area contributed by atoms with Crippen LogP contribution in [0.3, 0.4) is 0 Å². The van der Waals surface area contributed by atoms with Gasteiger partial charge in [-0.25, -0.2) is 0 Å². The molecule has 1 aromatic heterocycles. The first-order valence-electron chi connectivity index (χ1n) is 9.00. The lowest BCUT2D eigenvalue weighted by Crippen LogP contribution is -2.34. The first-order chi connectivity index (χ1) is 12.0. The second-order valence-electron chi connectivity index (χ2n) is 7.53. The van der Waals surface area contributed by atoms with Gasteiger partial charge in [-0.3, -0.25) is 9.69 Å². The molecule has 2 saturated heterocycles. The topological polar surface area (TPSA) is 49.6 Å². The number of nitrogens with zero attached hydrogens (tertiary/aromatic N) is 3. The van der Waals surface area contributed by atoms with Gasteiger partial charge in [0.05, 0.1) is 18.3 Å². The lowest BCUT2D eigenvalue weighted by Gasteiger charge is -2.30. The maximum absolute atomic E-state index is 12.2. The van der Waals surface area contributed by atoms with E-state index in [1.165, 1.54) is 11.1 Å². The Labute approximate surface area is 148 Å². The van der Waals surface area contributed by atoms with Crippen molar-refractivity contribution in [2.75, 3.05) is 19.6 Å². The number of carbonyl (C=O) groups excluding carboxylic acids is 1. The Bertz CT molecular complexity index is 785. The van der Waals surface area contributed by atoms with Gasteiger partial charge in [0, 0.05) is 38.5 Å². The van der Waals surface area contributed by atoms with Crippen LogP contribution >= 0.6 is 0 Å². The van der Waals surface area contributed by atoms with Crippen LogP contribution in [0.4, 0.5) is 0 Å². The average molecular weight is 339 g/mol. The van der Waals surface area contributed by atoms with Gasteiger partial charge < -0.3 is 9.42 Å². The molecule has 0 saturated carbocycles. The molecule has 2 aliphatic rings. The molecule has 0 N–H and O–H groups in total. The Kier molecular flexibility index (Phi) is 4.12. The highest BCUT2D eigenvalue weighted by Gasteiger charge is 2.48. The van der Waals surface area contributed by atoms with Crippen LogP contribution in [0.5, 0.6) is 0 Å². The standard InChI is InChI=1S/C20H25N3O2/c1-13-6-4-5-7-18(13)20-19-12-22(11-17-8-14(2)21-25-17)9-16(19)10-23(20)15(3)24/h4-8,16,19-20H,9-12H2,1-3H3/t16-,19-,20+/m1/s1. The monoisotopic (exact) mass is 339 g/mol. The number of aryl methyl sites for hydroxylation is 2. The summed E-state index contributed by atoms with van der Waals surface area (Å²) < 4.78 is 5.38. The highest BCUT2D eigenvalue weighted by molar-refractivity contribution is 5.74. The Morgan fingerprint density at radius 3 is 2.72 bits per heavy atom. The zero-order valence-electron chi connectivity index (χ0n) is 15.1. The Balaban J connectivity index is 1.57. The molecule has 4 rings (SSSR count). The lowest BCUT2D eigenvalue weighted by atomic mass is 9.87. The summed E-state index contributed by atoms with van der Waals surface area (Å²) in [5.74, 6) is 2.11. The summed E-state index contributed by atoms with van der Waals surface area (Å²) >= 11 is 0. The number of fused-ring (bicyclic) bond motifs is 1. The van der Waals surface area contributed by atoms with Gasteiger partial charge in [-0.05, 0) is 30.9 Å². The van der Waals surface area contributed by atoms with Gasteiger partial charge in [-0.15, -0.1) is 0 Å². The van der Waals surface area contributed by atoms with Crippen LogP contribution < -0.4 is 0 Å². The molecule has 0 unspecified atom stereocenters. The predicted octanol–water partition coefficient (Wildman–Crippen LogP) is 2.94. The molecule has 0 aliphatic carbocycles. The minimum Gasteiger partial charge on any atom is -0.360 e. The highest BCUT2D eigenvalue weighted by atomic mass is 16.5. The molecular formula is C20H25N3O2. The van der Waals surface area contributed by atoms with Crippen LogP contribution in [0, 0.1) is 25.7 Å². The molecule has 2 aromatic rings. The van der Waals surface area contributed by atoms with E-state index in [9.17, 15) is 4.79 Å². The third-order valence-corrected chi connectivity index (χ3v) is 5.71. The van der Waals surface area contributed by atoms with Gasteiger partial charge in [-0.1, -0.05) is 29.4 Å². The molecule has 5 nitrogen and oxygen atoms in total. The van der Waals surface area contributed by atoms with E-state index in [1.54, 1.807) is 6.92 Å². The van der Waals surface area contributed by atoms with Crippen molar-refractivity contribution >= 4 is 5.91 Å². The fourth-order valence-electron chi connectivity index (χ4n) is 4.62. The van der Waals surface area contributed by atoms with Gasteiger partial charge in [0.25, 0.3) is 0 Å². The first-order valence-corrected chi connectivity index (χ1v) is 9.00. The van der Waals surface area contributed by atoms with E-state index in [2.05, 4.69) is 46.1 Å². The van der Waals surface area contributed by atoms with Gasteiger partial charge in [0.15, 0.2) is 5.76 Å². The molecule has 0 spiro atoms. The molecule has 1 aromatic carbocycles. The third-order valence-electron chi connectivity index (χ3n) is 5.71. The summed E-state index contributed by atoms with van der Waals surface area (Å²) in [4.78, 5) is 16.8. The number of likely N-dealkylation sites (tertiary alicyclic amines) is 2. The molecule has 1 amide bonds. The van der Waals surface area contributed by atoms with Crippen LogP contribution in [-0.4, -0.2) is 40.5 Å². The summed E-state index contributed by atoms with van der Waals surface area (Å²) in [6.45, 7) is 9.44. The fraction of sp³-hybridized carbons (Fsp3) is 0.500. The Morgan fingerprint density at radius 2 is 2.04 bits per heavy atom. The minimum absolute atomic E-state index is 0.181. The maximum atomic E-state index is 12.2. The zero-order chi connectivity index (χ0) is 17.6. The third kappa shape index (κ3) is 2.97. The number of aromatic nitrogens is 1. The van der Waals surface area contributed by atoms with Crippen molar-refractivity contribution < 1.29 is 9.32 Å². The van der Waals surface area contributed by atoms with E-state index in [1.807, 2.05) is 13.0 Å². The number of hydrogen-bond donors (Lipinski definition) is 0. The Morgan fingerprint density at radius 1 is 1.24 bits per heavy atom. The molecule has 3 heterocycles. The number of amides is 1. The second kappa shape index (κ2) is 6.30. The van der Waals surface area contributed by atoms with E-state index in [0.717, 1.165) is 37.6 Å². The lowest BCUT2D eigenvalue weighted by molar-refractivity contribution is -0.130. The summed E-state index contributed by atoms with van der Waals surface area (Å²) in [5, 5.41) is 3.99. The van der Waals surface area contributed by atoms with E-state index < -0.39 is 0 Å². The van der Waals surface area contributed by atoms with E-state index in [0.29, 0.717) is 11.8 Å². The summed E-state index contributed by atoms with van der Waals surface area (Å²) in [5.41, 5.74) is 3.49. The molecule has 0 radical (unpaired) electrons. The predicted molar refractivity (Wildman–Crippen MR) is 94.8 cm³/mol. The number of benzene rings is 1. The SMILES string of the molecule is CC(=O)N1C[C@H]2CN(Cc3cc(C)no3)C[C@H]2[C@@H]1c1ccccc1C. The van der Waals surface area contributed by atoms with Crippen molar-refractivity contribution in [3.8, 4) is 0 Å². The smallest absolute Gasteiger partial charge is 0.219 e. The van der Waals surface area contributed by atoms with Crippen molar-refractivity contribution in [1.82, 2.24) is 15.0 Å². The molecule has 2 aliphatic heterocycles. The van der Waals surface area contributed by atoms with Gasteiger partial charge in [0.2, 0.25) is 5.91 Å².